The first-order valence-electron chi connectivity index (χ1n) is 15.5. The zero-order valence-corrected chi connectivity index (χ0v) is 25.2. The van der Waals surface area contributed by atoms with Crippen LogP contribution in [0.15, 0.2) is 48.5 Å². The molecule has 0 aliphatic heterocycles. The SMILES string of the molecule is CCCCCC1CCC(C(F)(F)Oc2ccc(/C=C/C(=O)OCCCCCCOC(=O)c3cc(N)cc(N)c3)cc2)CC1. The predicted molar refractivity (Wildman–Crippen MR) is 166 cm³/mol. The standard InChI is InChI=1S/C34H46F2N2O5/c1-2-3-6-9-25-10-15-28(16-11-25)34(35,36)43-31-17-12-26(13-18-31)14-19-32(39)41-20-7-4-5-8-21-42-33(40)27-22-29(37)24-30(38)23-27/h12-14,17-19,22-25,28H,2-11,15-16,20-21,37-38H2,1H3/b19-14+. The molecule has 2 aromatic carbocycles. The zero-order chi connectivity index (χ0) is 31.1. The first-order valence-corrected chi connectivity index (χ1v) is 15.5. The van der Waals surface area contributed by atoms with Gasteiger partial charge in [-0.15, -0.1) is 0 Å². The maximum absolute atomic E-state index is 14.8. The van der Waals surface area contributed by atoms with E-state index in [-0.39, 0.29) is 19.0 Å². The van der Waals surface area contributed by atoms with Crippen LogP contribution in [0.4, 0.5) is 20.2 Å². The summed E-state index contributed by atoms with van der Waals surface area (Å²) in [5.74, 6) is -1.04. The molecule has 1 aliphatic rings. The van der Waals surface area contributed by atoms with Gasteiger partial charge in [-0.05, 0) is 99.3 Å². The minimum Gasteiger partial charge on any atom is -0.463 e. The van der Waals surface area contributed by atoms with Gasteiger partial charge in [-0.25, -0.2) is 9.59 Å². The Morgan fingerprint density at radius 1 is 0.860 bits per heavy atom. The van der Waals surface area contributed by atoms with E-state index in [0.29, 0.717) is 54.1 Å². The average molecular weight is 601 g/mol. The Kier molecular flexibility index (Phi) is 13.8. The fourth-order valence-corrected chi connectivity index (χ4v) is 5.34. The Morgan fingerprint density at radius 2 is 1.49 bits per heavy atom. The van der Waals surface area contributed by atoms with E-state index in [0.717, 1.165) is 32.1 Å². The molecule has 0 unspecified atom stereocenters. The number of nitrogens with two attached hydrogens (primary N) is 2. The van der Waals surface area contributed by atoms with Crippen LogP contribution in [0.3, 0.4) is 0 Å². The van der Waals surface area contributed by atoms with Crippen LogP contribution in [0.2, 0.25) is 0 Å². The summed E-state index contributed by atoms with van der Waals surface area (Å²) in [6.07, 6.45) is 10.0. The van der Waals surface area contributed by atoms with E-state index in [9.17, 15) is 18.4 Å². The van der Waals surface area contributed by atoms with Crippen molar-refractivity contribution in [1.29, 1.82) is 0 Å². The molecule has 0 aromatic heterocycles. The van der Waals surface area contributed by atoms with Crippen LogP contribution in [0.25, 0.3) is 6.08 Å². The normalized spacial score (nSPS) is 17.1. The van der Waals surface area contributed by atoms with Crippen molar-refractivity contribution in [2.45, 2.75) is 90.1 Å². The summed E-state index contributed by atoms with van der Waals surface area (Å²) in [6.45, 7) is 2.72. The molecule has 4 N–H and O–H groups in total. The fraction of sp³-hybridized carbons (Fsp3) is 0.529. The number of alkyl halides is 2. The molecular weight excluding hydrogens is 554 g/mol. The summed E-state index contributed by atoms with van der Waals surface area (Å²) < 4.78 is 45.2. The Balaban J connectivity index is 1.27. The van der Waals surface area contributed by atoms with Gasteiger partial charge in [-0.1, -0.05) is 44.7 Å². The highest BCUT2D eigenvalue weighted by Crippen LogP contribution is 2.41. The average Bonchev–Trinajstić information content (AvgIpc) is 2.98. The predicted octanol–water partition coefficient (Wildman–Crippen LogP) is 8.18. The summed E-state index contributed by atoms with van der Waals surface area (Å²) in [5, 5.41) is 0. The van der Waals surface area contributed by atoms with Gasteiger partial charge in [-0.2, -0.15) is 8.78 Å². The molecule has 9 heteroatoms. The third-order valence-electron chi connectivity index (χ3n) is 7.81. The molecule has 1 saturated carbocycles. The van der Waals surface area contributed by atoms with E-state index in [2.05, 4.69) is 6.92 Å². The second-order valence-corrected chi connectivity index (χ2v) is 11.4. The number of carbonyl (C=O) groups excluding carboxylic acids is 2. The van der Waals surface area contributed by atoms with Gasteiger partial charge in [0.2, 0.25) is 0 Å². The number of rotatable bonds is 17. The van der Waals surface area contributed by atoms with E-state index in [1.807, 2.05) is 0 Å². The van der Waals surface area contributed by atoms with Gasteiger partial charge in [0, 0.05) is 17.5 Å². The van der Waals surface area contributed by atoms with Crippen LogP contribution in [0.1, 0.15) is 99.9 Å². The molecule has 43 heavy (non-hydrogen) atoms. The fourth-order valence-electron chi connectivity index (χ4n) is 5.34. The van der Waals surface area contributed by atoms with Crippen LogP contribution in [-0.4, -0.2) is 31.3 Å². The number of anilines is 2. The second-order valence-electron chi connectivity index (χ2n) is 11.4. The quantitative estimate of drug-likeness (QED) is 0.0814. The molecule has 0 amide bonds. The van der Waals surface area contributed by atoms with Gasteiger partial charge in [0.05, 0.1) is 24.7 Å². The lowest BCUT2D eigenvalue weighted by Crippen LogP contribution is -2.37. The lowest BCUT2D eigenvalue weighted by Gasteiger charge is -2.33. The number of unbranched alkanes of at least 4 members (excludes halogenated alkanes) is 5. The maximum atomic E-state index is 14.8. The Labute approximate surface area is 253 Å². The van der Waals surface area contributed by atoms with Gasteiger partial charge in [0.15, 0.2) is 0 Å². The van der Waals surface area contributed by atoms with Gasteiger partial charge in [0.25, 0.3) is 0 Å². The minimum atomic E-state index is -3.20. The van der Waals surface area contributed by atoms with Crippen molar-refractivity contribution in [1.82, 2.24) is 0 Å². The number of hydrogen-bond donors (Lipinski definition) is 2. The van der Waals surface area contributed by atoms with Crippen LogP contribution in [0.5, 0.6) is 5.75 Å². The first kappa shape index (κ1) is 33.9. The van der Waals surface area contributed by atoms with E-state index < -0.39 is 24.0 Å². The van der Waals surface area contributed by atoms with Crippen molar-refractivity contribution < 1.29 is 32.6 Å². The summed E-state index contributed by atoms with van der Waals surface area (Å²) in [4.78, 5) is 24.1. The smallest absolute Gasteiger partial charge is 0.400 e. The maximum Gasteiger partial charge on any atom is 0.400 e. The molecule has 0 spiro atoms. The molecule has 0 heterocycles. The third kappa shape index (κ3) is 12.3. The lowest BCUT2D eigenvalue weighted by molar-refractivity contribution is -0.223. The van der Waals surface area contributed by atoms with Gasteiger partial charge in [0.1, 0.15) is 5.75 Å². The summed E-state index contributed by atoms with van der Waals surface area (Å²) in [5.41, 5.74) is 13.2. The number of ether oxygens (including phenoxy) is 3. The van der Waals surface area contributed by atoms with Crippen molar-refractivity contribution in [3.8, 4) is 5.75 Å². The number of benzene rings is 2. The van der Waals surface area contributed by atoms with Crippen LogP contribution >= 0.6 is 0 Å². The van der Waals surface area contributed by atoms with Crippen LogP contribution in [-0.2, 0) is 14.3 Å². The van der Waals surface area contributed by atoms with E-state index in [1.165, 1.54) is 49.6 Å². The summed E-state index contributed by atoms with van der Waals surface area (Å²) in [7, 11) is 0. The van der Waals surface area contributed by atoms with Crippen molar-refractivity contribution in [3.05, 3.63) is 59.7 Å². The third-order valence-corrected chi connectivity index (χ3v) is 7.81. The largest absolute Gasteiger partial charge is 0.463 e. The molecule has 0 bridgehead atoms. The topological polar surface area (TPSA) is 114 Å². The molecule has 1 aliphatic carbocycles. The minimum absolute atomic E-state index is 0.110. The van der Waals surface area contributed by atoms with Crippen molar-refractivity contribution in [2.24, 2.45) is 11.8 Å². The molecule has 7 nitrogen and oxygen atoms in total. The number of hydrogen-bond acceptors (Lipinski definition) is 7. The molecule has 2 aromatic rings. The summed E-state index contributed by atoms with van der Waals surface area (Å²) >= 11 is 0. The van der Waals surface area contributed by atoms with Gasteiger partial charge < -0.3 is 25.7 Å². The second kappa shape index (κ2) is 17.5. The highest BCUT2D eigenvalue weighted by atomic mass is 19.3. The molecule has 1 fully saturated rings. The highest BCUT2D eigenvalue weighted by molar-refractivity contribution is 5.91. The van der Waals surface area contributed by atoms with E-state index in [4.69, 9.17) is 25.7 Å². The molecular formula is C34H46F2N2O5. The van der Waals surface area contributed by atoms with Gasteiger partial charge in [-0.3, -0.25) is 0 Å². The molecule has 0 radical (unpaired) electrons. The molecule has 3 rings (SSSR count). The molecule has 0 atom stereocenters. The number of esters is 2. The van der Waals surface area contributed by atoms with E-state index >= 15 is 0 Å². The lowest BCUT2D eigenvalue weighted by atomic mass is 9.79. The molecule has 0 saturated heterocycles. The Morgan fingerprint density at radius 3 is 2.12 bits per heavy atom. The summed E-state index contributed by atoms with van der Waals surface area (Å²) in [6, 6.07) is 10.9. The van der Waals surface area contributed by atoms with Crippen LogP contribution in [0, 0.1) is 11.8 Å². The highest BCUT2D eigenvalue weighted by Gasteiger charge is 2.43. The number of halogens is 2. The van der Waals surface area contributed by atoms with Crippen molar-refractivity contribution >= 4 is 29.4 Å². The van der Waals surface area contributed by atoms with Gasteiger partial charge >= 0.3 is 18.0 Å². The number of nitrogen functional groups attached to an aromatic ring is 2. The number of carbonyl (C=O) groups is 2. The van der Waals surface area contributed by atoms with E-state index in [1.54, 1.807) is 24.3 Å². The zero-order valence-electron chi connectivity index (χ0n) is 25.2. The Hall–Kier alpha value is -3.62. The molecule has 236 valence electrons. The monoisotopic (exact) mass is 600 g/mol. The Bertz CT molecular complexity index is 1160. The first-order chi connectivity index (χ1) is 20.7. The van der Waals surface area contributed by atoms with Crippen molar-refractivity contribution in [2.75, 3.05) is 24.7 Å². The van der Waals surface area contributed by atoms with Crippen molar-refractivity contribution in [3.63, 3.8) is 0 Å². The van der Waals surface area contributed by atoms with Crippen LogP contribution < -0.4 is 16.2 Å².